The molecule has 20 heavy (non-hydrogen) atoms. The highest BCUT2D eigenvalue weighted by Crippen LogP contribution is 2.46. The fraction of sp³-hybridized carbons (Fsp3) is 0.588. The van der Waals surface area contributed by atoms with Crippen LogP contribution in [-0.4, -0.2) is 24.2 Å². The maximum Gasteiger partial charge on any atom is 0.309 e. The van der Waals surface area contributed by atoms with Gasteiger partial charge in [0.2, 0.25) is 0 Å². The van der Waals surface area contributed by atoms with Crippen LogP contribution >= 0.6 is 0 Å². The summed E-state index contributed by atoms with van der Waals surface area (Å²) < 4.78 is 0. The van der Waals surface area contributed by atoms with E-state index in [4.69, 9.17) is 0 Å². The van der Waals surface area contributed by atoms with Crippen LogP contribution < -0.4 is 4.90 Å². The molecule has 0 bridgehead atoms. The Labute approximate surface area is 120 Å². The lowest BCUT2D eigenvalue weighted by molar-refractivity contribution is -0.148. The summed E-state index contributed by atoms with van der Waals surface area (Å²) in [7, 11) is 0. The van der Waals surface area contributed by atoms with Crippen molar-refractivity contribution in [1.82, 2.24) is 0 Å². The van der Waals surface area contributed by atoms with E-state index < -0.39 is 11.4 Å². The van der Waals surface area contributed by atoms with Crippen molar-refractivity contribution in [3.63, 3.8) is 0 Å². The van der Waals surface area contributed by atoms with Crippen molar-refractivity contribution in [2.75, 3.05) is 18.0 Å². The van der Waals surface area contributed by atoms with Crippen LogP contribution in [0.2, 0.25) is 0 Å². The van der Waals surface area contributed by atoms with Crippen LogP contribution in [0.1, 0.15) is 44.6 Å². The number of hydrogen-bond donors (Lipinski definition) is 1. The van der Waals surface area contributed by atoms with Crippen LogP contribution in [0.5, 0.6) is 0 Å². The van der Waals surface area contributed by atoms with Gasteiger partial charge in [0.15, 0.2) is 0 Å². The minimum Gasteiger partial charge on any atom is -0.481 e. The van der Waals surface area contributed by atoms with Gasteiger partial charge in [-0.2, -0.15) is 0 Å². The molecule has 3 nitrogen and oxygen atoms in total. The highest BCUT2D eigenvalue weighted by atomic mass is 16.4. The van der Waals surface area contributed by atoms with Gasteiger partial charge in [-0.3, -0.25) is 4.79 Å². The topological polar surface area (TPSA) is 40.5 Å². The van der Waals surface area contributed by atoms with Crippen molar-refractivity contribution in [2.45, 2.75) is 39.0 Å². The molecule has 1 heterocycles. The maximum absolute atomic E-state index is 11.6. The largest absolute Gasteiger partial charge is 0.481 e. The Morgan fingerprint density at radius 1 is 1.35 bits per heavy atom. The van der Waals surface area contributed by atoms with Crippen LogP contribution in [0.3, 0.4) is 0 Å². The molecule has 1 fully saturated rings. The summed E-state index contributed by atoms with van der Waals surface area (Å²) in [6, 6.07) is 8.33. The van der Waals surface area contributed by atoms with Crippen molar-refractivity contribution in [3.05, 3.63) is 29.8 Å². The van der Waals surface area contributed by atoms with E-state index in [0.717, 1.165) is 19.0 Å². The first-order chi connectivity index (χ1) is 9.50. The Morgan fingerprint density at radius 3 is 2.65 bits per heavy atom. The molecular weight excluding hydrogens is 250 g/mol. The zero-order valence-electron chi connectivity index (χ0n) is 12.3. The van der Waals surface area contributed by atoms with Crippen LogP contribution in [0.4, 0.5) is 5.69 Å². The predicted octanol–water partition coefficient (Wildman–Crippen LogP) is 3.50. The fourth-order valence-corrected chi connectivity index (χ4v) is 3.41. The molecule has 3 heteroatoms. The molecule has 1 atom stereocenters. The molecule has 1 aromatic carbocycles. The minimum absolute atomic E-state index is 0.0799. The number of nitrogens with zero attached hydrogens (tertiary/aromatic N) is 1. The molecule has 0 aromatic heterocycles. The smallest absolute Gasteiger partial charge is 0.309 e. The normalized spacial score (nSPS) is 22.5. The summed E-state index contributed by atoms with van der Waals surface area (Å²) in [5, 5.41) is 9.53. The number of hydrogen-bond acceptors (Lipinski definition) is 2. The van der Waals surface area contributed by atoms with Crippen LogP contribution in [-0.2, 0) is 4.79 Å². The summed E-state index contributed by atoms with van der Waals surface area (Å²) in [5.41, 5.74) is 1.74. The summed E-state index contributed by atoms with van der Waals surface area (Å²) >= 11 is 0. The standard InChI is InChI=1S/C17H23NO2/c1-17(2,16(19)20)14-11-18(10-12-6-5-7-12)15-9-4-3-8-13(14)15/h3-4,8-9,12,14H,5-7,10-11H2,1-2H3,(H,19,20). The van der Waals surface area contributed by atoms with E-state index >= 15 is 0 Å². The van der Waals surface area contributed by atoms with Crippen LogP contribution in [0.15, 0.2) is 24.3 Å². The van der Waals surface area contributed by atoms with E-state index in [9.17, 15) is 9.90 Å². The van der Waals surface area contributed by atoms with E-state index in [1.807, 2.05) is 19.9 Å². The van der Waals surface area contributed by atoms with Gasteiger partial charge in [0.1, 0.15) is 0 Å². The van der Waals surface area contributed by atoms with E-state index in [1.54, 1.807) is 0 Å². The highest BCUT2D eigenvalue weighted by Gasteiger charge is 2.44. The predicted molar refractivity (Wildman–Crippen MR) is 80.2 cm³/mol. The summed E-state index contributed by atoms with van der Waals surface area (Å²) in [6.45, 7) is 5.63. The van der Waals surface area contributed by atoms with Crippen molar-refractivity contribution < 1.29 is 9.90 Å². The number of anilines is 1. The lowest BCUT2D eigenvalue weighted by Gasteiger charge is -2.33. The van der Waals surface area contributed by atoms with Crippen LogP contribution in [0, 0.1) is 11.3 Å². The maximum atomic E-state index is 11.6. The summed E-state index contributed by atoms with van der Waals surface area (Å²) in [6.07, 6.45) is 4.00. The number of carboxylic acid groups (broad SMARTS) is 1. The number of aliphatic carboxylic acids is 1. The lowest BCUT2D eigenvalue weighted by atomic mass is 9.76. The van der Waals surface area contributed by atoms with Crippen molar-refractivity contribution in [1.29, 1.82) is 0 Å². The third-order valence-corrected chi connectivity index (χ3v) is 5.18. The number of para-hydroxylation sites is 1. The van der Waals surface area contributed by atoms with Crippen LogP contribution in [0.25, 0.3) is 0 Å². The number of carbonyl (C=O) groups is 1. The van der Waals surface area contributed by atoms with Gasteiger partial charge in [-0.05, 0) is 44.2 Å². The van der Waals surface area contributed by atoms with Gasteiger partial charge in [-0.15, -0.1) is 0 Å². The molecule has 1 N–H and O–H groups in total. The quantitative estimate of drug-likeness (QED) is 0.912. The zero-order valence-corrected chi connectivity index (χ0v) is 12.3. The first-order valence-electron chi connectivity index (χ1n) is 7.57. The van der Waals surface area contributed by atoms with Crippen molar-refractivity contribution in [3.8, 4) is 0 Å². The molecule has 1 aromatic rings. The summed E-state index contributed by atoms with van der Waals surface area (Å²) in [5.74, 6) is 0.175. The molecule has 2 aliphatic rings. The number of carboxylic acids is 1. The molecule has 0 saturated heterocycles. The second kappa shape index (κ2) is 4.80. The fourth-order valence-electron chi connectivity index (χ4n) is 3.41. The Bertz CT molecular complexity index is 519. The first-order valence-corrected chi connectivity index (χ1v) is 7.57. The van der Waals surface area contributed by atoms with E-state index in [1.165, 1.54) is 30.5 Å². The number of rotatable bonds is 4. The SMILES string of the molecule is CC(C)(C(=O)O)C1CN(CC2CCC2)c2ccccc21. The molecule has 1 unspecified atom stereocenters. The molecule has 1 saturated carbocycles. The van der Waals surface area contributed by atoms with E-state index in [0.29, 0.717) is 0 Å². The van der Waals surface area contributed by atoms with Gasteiger partial charge in [0.25, 0.3) is 0 Å². The zero-order chi connectivity index (χ0) is 14.3. The van der Waals surface area contributed by atoms with Crippen molar-refractivity contribution in [2.24, 2.45) is 11.3 Å². The first kappa shape index (κ1) is 13.5. The lowest BCUT2D eigenvalue weighted by Crippen LogP contribution is -2.37. The molecule has 0 amide bonds. The monoisotopic (exact) mass is 273 g/mol. The Kier molecular flexibility index (Phi) is 3.23. The Balaban J connectivity index is 1.89. The molecule has 3 rings (SSSR count). The second-order valence-corrected chi connectivity index (χ2v) is 6.84. The van der Waals surface area contributed by atoms with Gasteiger partial charge in [0, 0.05) is 24.7 Å². The van der Waals surface area contributed by atoms with Gasteiger partial charge < -0.3 is 10.0 Å². The Morgan fingerprint density at radius 2 is 2.05 bits per heavy atom. The number of benzene rings is 1. The summed E-state index contributed by atoms with van der Waals surface area (Å²) in [4.78, 5) is 14.0. The average Bonchev–Trinajstić information content (AvgIpc) is 2.73. The average molecular weight is 273 g/mol. The molecular formula is C17H23NO2. The van der Waals surface area contributed by atoms with Gasteiger partial charge in [-0.1, -0.05) is 24.6 Å². The molecule has 0 radical (unpaired) electrons. The van der Waals surface area contributed by atoms with Crippen molar-refractivity contribution >= 4 is 11.7 Å². The third kappa shape index (κ3) is 2.09. The van der Waals surface area contributed by atoms with Gasteiger partial charge in [-0.25, -0.2) is 0 Å². The molecule has 0 spiro atoms. The number of fused-ring (bicyclic) bond motifs is 1. The van der Waals surface area contributed by atoms with E-state index in [2.05, 4.69) is 23.1 Å². The highest BCUT2D eigenvalue weighted by molar-refractivity contribution is 5.77. The molecule has 1 aliphatic carbocycles. The molecule has 108 valence electrons. The van der Waals surface area contributed by atoms with Gasteiger partial charge >= 0.3 is 5.97 Å². The van der Waals surface area contributed by atoms with Gasteiger partial charge in [0.05, 0.1) is 5.41 Å². The molecule has 1 aliphatic heterocycles. The minimum atomic E-state index is -0.718. The van der Waals surface area contributed by atoms with E-state index in [-0.39, 0.29) is 5.92 Å². The third-order valence-electron chi connectivity index (χ3n) is 5.18. The Hall–Kier alpha value is -1.51. The second-order valence-electron chi connectivity index (χ2n) is 6.84.